The van der Waals surface area contributed by atoms with Crippen LogP contribution in [0.4, 0.5) is 17.2 Å². The second-order valence-electron chi connectivity index (χ2n) is 5.76. The number of H-pyrrole nitrogens is 2. The summed E-state index contributed by atoms with van der Waals surface area (Å²) in [4.78, 5) is 39.3. The van der Waals surface area contributed by atoms with Crippen LogP contribution in [0.3, 0.4) is 0 Å². The third-order valence-corrected chi connectivity index (χ3v) is 4.40. The van der Waals surface area contributed by atoms with E-state index in [4.69, 9.17) is 34.8 Å². The Labute approximate surface area is 187 Å². The number of anilines is 2. The van der Waals surface area contributed by atoms with E-state index in [9.17, 15) is 10.1 Å². The van der Waals surface area contributed by atoms with E-state index in [0.717, 1.165) is 0 Å². The molecule has 0 amide bonds. The van der Waals surface area contributed by atoms with Gasteiger partial charge in [0.15, 0.2) is 22.3 Å². The van der Waals surface area contributed by atoms with Gasteiger partial charge in [0.1, 0.15) is 11.0 Å². The standard InChI is InChI=1S/C11H7ClN6O2.C5H2Cl2N4/c12-11-16-9-8(13-5-14-9)10(17-11)15-6-2-1-3-7(4-6)18(19)20;6-3-2-4(9-1-8-2)11-5(7)10-3/h1-5H,(H2,13,14,15,16,17);1H,(H,8,9,10,11). The molecule has 31 heavy (non-hydrogen) atoms. The summed E-state index contributed by atoms with van der Waals surface area (Å²) in [6.07, 6.45) is 2.95. The Morgan fingerprint density at radius 3 is 2.26 bits per heavy atom. The van der Waals surface area contributed by atoms with Crippen LogP contribution >= 0.6 is 34.8 Å². The summed E-state index contributed by atoms with van der Waals surface area (Å²) < 4.78 is 0. The Morgan fingerprint density at radius 1 is 0.903 bits per heavy atom. The van der Waals surface area contributed by atoms with Crippen molar-refractivity contribution in [2.24, 2.45) is 0 Å². The summed E-state index contributed by atoms with van der Waals surface area (Å²) in [5.74, 6) is 0.401. The lowest BCUT2D eigenvalue weighted by atomic mass is 10.3. The summed E-state index contributed by atoms with van der Waals surface area (Å²) in [6.45, 7) is 0. The van der Waals surface area contributed by atoms with E-state index < -0.39 is 4.92 Å². The molecule has 0 atom stereocenters. The maximum atomic E-state index is 10.7. The van der Waals surface area contributed by atoms with Gasteiger partial charge in [0.2, 0.25) is 10.6 Å². The lowest BCUT2D eigenvalue weighted by Crippen LogP contribution is -1.98. The predicted octanol–water partition coefficient (Wildman–Crippen LogP) is 4.32. The Balaban J connectivity index is 0.000000177. The second-order valence-corrected chi connectivity index (χ2v) is 6.79. The zero-order valence-electron chi connectivity index (χ0n) is 15.0. The minimum Gasteiger partial charge on any atom is -0.341 e. The number of nitrogens with one attached hydrogen (secondary N) is 3. The molecule has 15 heteroatoms. The van der Waals surface area contributed by atoms with Gasteiger partial charge in [-0.3, -0.25) is 10.1 Å². The first-order valence-electron chi connectivity index (χ1n) is 8.31. The molecule has 0 aliphatic rings. The molecule has 5 rings (SSSR count). The van der Waals surface area contributed by atoms with Crippen molar-refractivity contribution in [3.05, 3.63) is 62.8 Å². The molecule has 1 aromatic carbocycles. The largest absolute Gasteiger partial charge is 0.341 e. The molecule has 0 aliphatic carbocycles. The number of aromatic nitrogens is 8. The van der Waals surface area contributed by atoms with Crippen molar-refractivity contribution in [3.8, 4) is 0 Å². The molecule has 156 valence electrons. The van der Waals surface area contributed by atoms with E-state index >= 15 is 0 Å². The third kappa shape index (κ3) is 4.60. The molecule has 4 aromatic heterocycles. The summed E-state index contributed by atoms with van der Waals surface area (Å²) in [6, 6.07) is 6.07. The molecule has 0 radical (unpaired) electrons. The van der Waals surface area contributed by atoms with Crippen LogP contribution < -0.4 is 5.32 Å². The molecule has 0 unspecified atom stereocenters. The van der Waals surface area contributed by atoms with Gasteiger partial charge in [-0.15, -0.1) is 0 Å². The maximum Gasteiger partial charge on any atom is 0.271 e. The topological polar surface area (TPSA) is 164 Å². The Morgan fingerprint density at radius 2 is 1.55 bits per heavy atom. The molecule has 0 fully saturated rings. The molecule has 0 spiro atoms. The first-order chi connectivity index (χ1) is 14.9. The van der Waals surface area contributed by atoms with E-state index in [1.807, 2.05) is 0 Å². The fourth-order valence-corrected chi connectivity index (χ4v) is 3.10. The van der Waals surface area contributed by atoms with Crippen molar-refractivity contribution < 1.29 is 4.92 Å². The van der Waals surface area contributed by atoms with E-state index in [-0.39, 0.29) is 21.4 Å². The zero-order valence-corrected chi connectivity index (χ0v) is 17.3. The van der Waals surface area contributed by atoms with Gasteiger partial charge in [-0.1, -0.05) is 17.7 Å². The molecule has 3 N–H and O–H groups in total. The van der Waals surface area contributed by atoms with E-state index in [0.29, 0.717) is 33.8 Å². The molecule has 5 aromatic rings. The number of hydrogen-bond donors (Lipinski definition) is 3. The van der Waals surface area contributed by atoms with Crippen molar-refractivity contribution in [3.63, 3.8) is 0 Å². The first kappa shape index (κ1) is 20.7. The van der Waals surface area contributed by atoms with Gasteiger partial charge in [0.25, 0.3) is 5.69 Å². The summed E-state index contributed by atoms with van der Waals surface area (Å²) in [7, 11) is 0. The summed E-state index contributed by atoms with van der Waals surface area (Å²) >= 11 is 17.0. The number of hydrogen-bond acceptors (Lipinski definition) is 9. The smallest absolute Gasteiger partial charge is 0.271 e. The summed E-state index contributed by atoms with van der Waals surface area (Å²) in [5.41, 5.74) is 2.57. The van der Waals surface area contributed by atoms with Crippen LogP contribution in [0.25, 0.3) is 22.3 Å². The third-order valence-electron chi connectivity index (χ3n) is 3.79. The second kappa shape index (κ2) is 8.63. The monoisotopic (exact) mass is 478 g/mol. The average Bonchev–Trinajstić information content (AvgIpc) is 3.38. The molecular weight excluding hydrogens is 471 g/mol. The number of nitro benzene ring substituents is 1. The predicted molar refractivity (Wildman–Crippen MR) is 115 cm³/mol. The van der Waals surface area contributed by atoms with Crippen LogP contribution in [0.5, 0.6) is 0 Å². The minimum atomic E-state index is -0.468. The van der Waals surface area contributed by atoms with Crippen LogP contribution in [-0.2, 0) is 0 Å². The van der Waals surface area contributed by atoms with Crippen LogP contribution in [0.2, 0.25) is 15.7 Å². The van der Waals surface area contributed by atoms with Crippen LogP contribution in [0.15, 0.2) is 36.9 Å². The summed E-state index contributed by atoms with van der Waals surface area (Å²) in [5, 5.41) is 14.1. The normalized spacial score (nSPS) is 10.7. The Bertz CT molecular complexity index is 1400. The van der Waals surface area contributed by atoms with Crippen molar-refractivity contribution >= 4 is 74.3 Å². The molecular formula is C16H9Cl3N10O2. The van der Waals surface area contributed by atoms with Gasteiger partial charge in [0, 0.05) is 17.8 Å². The zero-order chi connectivity index (χ0) is 22.0. The van der Waals surface area contributed by atoms with Gasteiger partial charge in [-0.05, 0) is 29.3 Å². The highest BCUT2D eigenvalue weighted by molar-refractivity contribution is 6.35. The number of aromatic amines is 2. The highest BCUT2D eigenvalue weighted by Gasteiger charge is 2.11. The van der Waals surface area contributed by atoms with E-state index in [1.54, 1.807) is 12.1 Å². The SMILES string of the molecule is Clc1nc(Cl)c2[nH]cnc2n1.O=[N+]([O-])c1cccc(Nc2nc(Cl)nc3nc[nH]c23)c1. The van der Waals surface area contributed by atoms with Gasteiger partial charge >= 0.3 is 0 Å². The molecule has 0 aliphatic heterocycles. The highest BCUT2D eigenvalue weighted by atomic mass is 35.5. The van der Waals surface area contributed by atoms with Crippen molar-refractivity contribution in [2.75, 3.05) is 5.32 Å². The maximum absolute atomic E-state index is 10.7. The van der Waals surface area contributed by atoms with Gasteiger partial charge in [0.05, 0.1) is 17.6 Å². The first-order valence-corrected chi connectivity index (χ1v) is 9.44. The van der Waals surface area contributed by atoms with E-state index in [2.05, 4.69) is 45.2 Å². The molecule has 12 nitrogen and oxygen atoms in total. The highest BCUT2D eigenvalue weighted by Crippen LogP contribution is 2.25. The number of rotatable bonds is 3. The van der Waals surface area contributed by atoms with Crippen molar-refractivity contribution in [1.82, 2.24) is 39.9 Å². The number of halogens is 3. The fraction of sp³-hybridized carbons (Fsp3) is 0. The minimum absolute atomic E-state index is 0.0176. The number of imidazole rings is 2. The van der Waals surface area contributed by atoms with Crippen molar-refractivity contribution in [1.29, 1.82) is 0 Å². The lowest BCUT2D eigenvalue weighted by Gasteiger charge is -2.06. The Kier molecular flexibility index (Phi) is 5.75. The fourth-order valence-electron chi connectivity index (χ4n) is 2.50. The average molecular weight is 480 g/mol. The van der Waals surface area contributed by atoms with Crippen LogP contribution in [0, 0.1) is 10.1 Å². The lowest BCUT2D eigenvalue weighted by molar-refractivity contribution is -0.384. The van der Waals surface area contributed by atoms with Crippen LogP contribution in [-0.4, -0.2) is 44.8 Å². The van der Waals surface area contributed by atoms with Gasteiger partial charge < -0.3 is 15.3 Å². The number of fused-ring (bicyclic) bond motifs is 2. The van der Waals surface area contributed by atoms with Gasteiger partial charge in [-0.2, -0.15) is 15.0 Å². The molecule has 0 saturated carbocycles. The number of non-ortho nitro benzene ring substituents is 1. The molecule has 0 saturated heterocycles. The molecule has 4 heterocycles. The number of nitrogens with zero attached hydrogens (tertiary/aromatic N) is 7. The van der Waals surface area contributed by atoms with E-state index in [1.165, 1.54) is 24.8 Å². The van der Waals surface area contributed by atoms with Crippen molar-refractivity contribution in [2.45, 2.75) is 0 Å². The Hall–Kier alpha value is -3.61. The number of nitro groups is 1. The number of benzene rings is 1. The van der Waals surface area contributed by atoms with Gasteiger partial charge in [-0.25, -0.2) is 15.0 Å². The quantitative estimate of drug-likeness (QED) is 0.148. The van der Waals surface area contributed by atoms with Crippen LogP contribution in [0.1, 0.15) is 0 Å². The molecule has 0 bridgehead atoms.